The summed E-state index contributed by atoms with van der Waals surface area (Å²) in [5.41, 5.74) is 7.09. The van der Waals surface area contributed by atoms with Crippen LogP contribution in [0.2, 0.25) is 0 Å². The molecule has 17 heavy (non-hydrogen) atoms. The van der Waals surface area contributed by atoms with Crippen LogP contribution < -0.4 is 10.6 Å². The van der Waals surface area contributed by atoms with Crippen molar-refractivity contribution in [2.75, 3.05) is 18.0 Å². The van der Waals surface area contributed by atoms with Crippen molar-refractivity contribution in [3.63, 3.8) is 0 Å². The summed E-state index contributed by atoms with van der Waals surface area (Å²) in [6.07, 6.45) is 3.20. The van der Waals surface area contributed by atoms with Gasteiger partial charge in [0.15, 0.2) is 0 Å². The molecule has 1 aliphatic rings. The average Bonchev–Trinajstić information content (AvgIpc) is 2.28. The molecule has 2 N–H and O–H groups in total. The number of rotatable bonds is 2. The Morgan fingerprint density at radius 1 is 1.35 bits per heavy atom. The monoisotopic (exact) mass is 233 g/mol. The molecule has 0 spiro atoms. The first kappa shape index (κ1) is 12.4. The quantitative estimate of drug-likeness (QED) is 0.853. The van der Waals surface area contributed by atoms with Crippen LogP contribution >= 0.6 is 0 Å². The number of pyridine rings is 1. The van der Waals surface area contributed by atoms with E-state index < -0.39 is 0 Å². The lowest BCUT2D eigenvalue weighted by Crippen LogP contribution is -2.39. The average molecular weight is 233 g/mol. The first-order chi connectivity index (χ1) is 8.06. The highest BCUT2D eigenvalue weighted by molar-refractivity contribution is 5.42. The standard InChI is InChI=1S/C14H23N3/c1-10-6-11(2)9-17(8-10)14-7-13(12(3)15)4-5-16-14/h4-5,7,10-12H,6,8-9,15H2,1-3H3/t10?,11?,12-/m0/s1. The van der Waals surface area contributed by atoms with Crippen LogP contribution in [0.3, 0.4) is 0 Å². The van der Waals surface area contributed by atoms with Crippen LogP contribution in [0, 0.1) is 11.8 Å². The van der Waals surface area contributed by atoms with Crippen LogP contribution in [-0.4, -0.2) is 18.1 Å². The van der Waals surface area contributed by atoms with Gasteiger partial charge >= 0.3 is 0 Å². The van der Waals surface area contributed by atoms with Crippen molar-refractivity contribution in [2.45, 2.75) is 33.2 Å². The number of nitrogens with two attached hydrogens (primary N) is 1. The summed E-state index contributed by atoms with van der Waals surface area (Å²) in [6, 6.07) is 4.22. The molecular weight excluding hydrogens is 210 g/mol. The van der Waals surface area contributed by atoms with Crippen LogP contribution in [0.1, 0.15) is 38.8 Å². The van der Waals surface area contributed by atoms with Gasteiger partial charge in [0.25, 0.3) is 0 Å². The maximum atomic E-state index is 5.92. The van der Waals surface area contributed by atoms with Crippen LogP contribution in [0.25, 0.3) is 0 Å². The lowest BCUT2D eigenvalue weighted by molar-refractivity contribution is 0.355. The van der Waals surface area contributed by atoms with Gasteiger partial charge in [-0.15, -0.1) is 0 Å². The fourth-order valence-electron chi connectivity index (χ4n) is 2.74. The van der Waals surface area contributed by atoms with E-state index in [1.807, 2.05) is 19.2 Å². The molecule has 2 heterocycles. The lowest BCUT2D eigenvalue weighted by Gasteiger charge is -2.36. The highest BCUT2D eigenvalue weighted by Crippen LogP contribution is 2.26. The van der Waals surface area contributed by atoms with Crippen LogP contribution in [0.5, 0.6) is 0 Å². The van der Waals surface area contributed by atoms with Gasteiger partial charge in [0.05, 0.1) is 0 Å². The second-order valence-corrected chi connectivity index (χ2v) is 5.59. The van der Waals surface area contributed by atoms with Gasteiger partial charge in [0, 0.05) is 25.3 Å². The molecule has 3 atom stereocenters. The number of hydrogen-bond acceptors (Lipinski definition) is 3. The second-order valence-electron chi connectivity index (χ2n) is 5.59. The van der Waals surface area contributed by atoms with Gasteiger partial charge < -0.3 is 10.6 Å². The van der Waals surface area contributed by atoms with Gasteiger partial charge in [-0.3, -0.25) is 0 Å². The summed E-state index contributed by atoms with van der Waals surface area (Å²) >= 11 is 0. The fraction of sp³-hybridized carbons (Fsp3) is 0.643. The molecule has 0 amide bonds. The molecule has 94 valence electrons. The van der Waals surface area contributed by atoms with Crippen molar-refractivity contribution in [1.82, 2.24) is 4.98 Å². The first-order valence-electron chi connectivity index (χ1n) is 6.52. The molecule has 3 nitrogen and oxygen atoms in total. The van der Waals surface area contributed by atoms with E-state index in [1.54, 1.807) is 0 Å². The molecule has 1 fully saturated rings. The van der Waals surface area contributed by atoms with Crippen molar-refractivity contribution in [3.8, 4) is 0 Å². The predicted molar refractivity (Wildman–Crippen MR) is 72.0 cm³/mol. The SMILES string of the molecule is CC1CC(C)CN(c2cc([C@H](C)N)ccn2)C1. The number of piperidine rings is 1. The summed E-state index contributed by atoms with van der Waals surface area (Å²) < 4.78 is 0. The minimum atomic E-state index is 0.0800. The van der Waals surface area contributed by atoms with Crippen LogP contribution in [0.15, 0.2) is 18.3 Å². The Bertz CT molecular complexity index is 365. The molecule has 1 aromatic heterocycles. The summed E-state index contributed by atoms with van der Waals surface area (Å²) in [5, 5.41) is 0. The second kappa shape index (κ2) is 5.05. The summed E-state index contributed by atoms with van der Waals surface area (Å²) in [4.78, 5) is 6.88. The number of anilines is 1. The zero-order valence-corrected chi connectivity index (χ0v) is 11.1. The summed E-state index contributed by atoms with van der Waals surface area (Å²) in [5.74, 6) is 2.58. The Labute approximate surface area is 104 Å². The van der Waals surface area contributed by atoms with E-state index in [4.69, 9.17) is 5.73 Å². The van der Waals surface area contributed by atoms with Gasteiger partial charge in [0.1, 0.15) is 5.82 Å². The Balaban J connectivity index is 2.18. The maximum Gasteiger partial charge on any atom is 0.128 e. The van der Waals surface area contributed by atoms with E-state index in [9.17, 15) is 0 Å². The van der Waals surface area contributed by atoms with Crippen LogP contribution in [0.4, 0.5) is 5.82 Å². The Hall–Kier alpha value is -1.09. The number of aromatic nitrogens is 1. The zero-order valence-electron chi connectivity index (χ0n) is 11.1. The van der Waals surface area contributed by atoms with E-state index in [2.05, 4.69) is 29.8 Å². The molecule has 0 bridgehead atoms. The minimum Gasteiger partial charge on any atom is -0.356 e. The Morgan fingerprint density at radius 3 is 2.59 bits per heavy atom. The Kier molecular flexibility index (Phi) is 3.67. The lowest BCUT2D eigenvalue weighted by atomic mass is 9.92. The molecule has 1 aliphatic heterocycles. The molecule has 0 aromatic carbocycles. The highest BCUT2D eigenvalue weighted by atomic mass is 15.2. The maximum absolute atomic E-state index is 5.92. The third-order valence-electron chi connectivity index (χ3n) is 3.49. The third kappa shape index (κ3) is 2.97. The molecule has 3 heteroatoms. The number of nitrogens with zero attached hydrogens (tertiary/aromatic N) is 2. The summed E-state index contributed by atoms with van der Waals surface area (Å²) in [7, 11) is 0. The summed E-state index contributed by atoms with van der Waals surface area (Å²) in [6.45, 7) is 8.87. The first-order valence-corrected chi connectivity index (χ1v) is 6.52. The fourth-order valence-corrected chi connectivity index (χ4v) is 2.74. The van der Waals surface area contributed by atoms with Crippen molar-refractivity contribution in [2.24, 2.45) is 17.6 Å². The van der Waals surface area contributed by atoms with E-state index in [0.717, 1.165) is 30.7 Å². The highest BCUT2D eigenvalue weighted by Gasteiger charge is 2.22. The Morgan fingerprint density at radius 2 is 2.00 bits per heavy atom. The molecule has 0 radical (unpaired) electrons. The van der Waals surface area contributed by atoms with Gasteiger partial charge in [-0.2, -0.15) is 0 Å². The molecule has 1 saturated heterocycles. The van der Waals surface area contributed by atoms with Crippen molar-refractivity contribution in [1.29, 1.82) is 0 Å². The molecule has 2 unspecified atom stereocenters. The van der Waals surface area contributed by atoms with E-state index in [0.29, 0.717) is 0 Å². The van der Waals surface area contributed by atoms with Gasteiger partial charge in [-0.05, 0) is 42.9 Å². The largest absolute Gasteiger partial charge is 0.356 e. The van der Waals surface area contributed by atoms with E-state index >= 15 is 0 Å². The van der Waals surface area contributed by atoms with Crippen molar-refractivity contribution >= 4 is 5.82 Å². The molecule has 1 aromatic rings. The zero-order chi connectivity index (χ0) is 12.4. The smallest absolute Gasteiger partial charge is 0.128 e. The van der Waals surface area contributed by atoms with Gasteiger partial charge in [-0.25, -0.2) is 4.98 Å². The van der Waals surface area contributed by atoms with Crippen LogP contribution in [-0.2, 0) is 0 Å². The topological polar surface area (TPSA) is 42.1 Å². The molecule has 0 aliphatic carbocycles. The van der Waals surface area contributed by atoms with E-state index in [1.165, 1.54) is 12.0 Å². The normalized spacial score (nSPS) is 26.9. The van der Waals surface area contributed by atoms with Crippen molar-refractivity contribution < 1.29 is 0 Å². The van der Waals surface area contributed by atoms with Gasteiger partial charge in [0.2, 0.25) is 0 Å². The number of hydrogen-bond donors (Lipinski definition) is 1. The third-order valence-corrected chi connectivity index (χ3v) is 3.49. The van der Waals surface area contributed by atoms with Gasteiger partial charge in [-0.1, -0.05) is 13.8 Å². The molecular formula is C14H23N3. The predicted octanol–water partition coefficient (Wildman–Crippen LogP) is 2.58. The minimum absolute atomic E-state index is 0.0800. The molecule has 0 saturated carbocycles. The molecule has 2 rings (SSSR count). The van der Waals surface area contributed by atoms with Crippen molar-refractivity contribution in [3.05, 3.63) is 23.9 Å². The van der Waals surface area contributed by atoms with E-state index in [-0.39, 0.29) is 6.04 Å².